The smallest absolute Gasteiger partial charge is 0.268 e. The number of benzene rings is 1. The van der Waals surface area contributed by atoms with Crippen LogP contribution in [0.25, 0.3) is 21.5 Å². The van der Waals surface area contributed by atoms with Gasteiger partial charge in [0.15, 0.2) is 0 Å². The number of aromatic nitrogens is 3. The molecule has 0 unspecified atom stereocenters. The minimum Gasteiger partial charge on any atom is -0.481 e. The van der Waals surface area contributed by atoms with Gasteiger partial charge < -0.3 is 14.2 Å². The van der Waals surface area contributed by atoms with E-state index >= 15 is 0 Å². The van der Waals surface area contributed by atoms with Gasteiger partial charge in [0.1, 0.15) is 0 Å². The number of rotatable bonds is 6. The van der Waals surface area contributed by atoms with Crippen molar-refractivity contribution in [1.29, 1.82) is 0 Å². The van der Waals surface area contributed by atoms with E-state index in [1.807, 2.05) is 47.4 Å². The Morgan fingerprint density at radius 3 is 2.78 bits per heavy atom. The first-order chi connectivity index (χ1) is 18.0. The molecule has 188 valence electrons. The van der Waals surface area contributed by atoms with Crippen LogP contribution >= 0.6 is 11.3 Å². The van der Waals surface area contributed by atoms with E-state index in [9.17, 15) is 9.59 Å². The first-order valence-electron chi connectivity index (χ1n) is 12.3. The molecule has 2 fully saturated rings. The second-order valence-electron chi connectivity index (χ2n) is 9.78. The van der Waals surface area contributed by atoms with Crippen molar-refractivity contribution >= 4 is 40.1 Å². The molecular formula is C28H27N5O3S. The molecule has 0 atom stereocenters. The third-order valence-electron chi connectivity index (χ3n) is 7.51. The number of pyridine rings is 1. The van der Waals surface area contributed by atoms with Crippen LogP contribution in [0.3, 0.4) is 0 Å². The summed E-state index contributed by atoms with van der Waals surface area (Å²) in [4.78, 5) is 37.8. The van der Waals surface area contributed by atoms with Gasteiger partial charge >= 0.3 is 0 Å². The first kappa shape index (κ1) is 23.4. The molecule has 37 heavy (non-hydrogen) atoms. The Kier molecular flexibility index (Phi) is 5.79. The molecule has 2 amide bonds. The number of thiophene rings is 1. The van der Waals surface area contributed by atoms with E-state index in [1.165, 1.54) is 17.4 Å². The van der Waals surface area contributed by atoms with Crippen LogP contribution in [0.5, 0.6) is 5.88 Å². The number of nitrogens with one attached hydrogen (secondary N) is 1. The number of imidazole rings is 1. The van der Waals surface area contributed by atoms with Crippen LogP contribution in [0.15, 0.2) is 67.4 Å². The summed E-state index contributed by atoms with van der Waals surface area (Å²) in [7, 11) is 1.58. The number of ether oxygens (including phenoxy) is 1. The van der Waals surface area contributed by atoms with Crippen molar-refractivity contribution in [1.82, 2.24) is 19.4 Å². The van der Waals surface area contributed by atoms with Gasteiger partial charge in [0.2, 0.25) is 17.7 Å². The van der Waals surface area contributed by atoms with E-state index in [-0.39, 0.29) is 23.3 Å². The summed E-state index contributed by atoms with van der Waals surface area (Å²) in [6.45, 7) is 5.16. The molecule has 4 heterocycles. The third-order valence-corrected chi connectivity index (χ3v) is 8.64. The molecule has 1 N–H and O–H groups in total. The molecule has 4 aromatic rings. The zero-order valence-electron chi connectivity index (χ0n) is 20.5. The minimum absolute atomic E-state index is 0.00194. The van der Waals surface area contributed by atoms with E-state index in [2.05, 4.69) is 21.4 Å². The Morgan fingerprint density at radius 2 is 2.03 bits per heavy atom. The quantitative estimate of drug-likeness (QED) is 0.360. The van der Waals surface area contributed by atoms with Crippen LogP contribution in [0.4, 0.5) is 5.95 Å². The lowest BCUT2D eigenvalue weighted by atomic mass is 9.65. The Bertz CT molecular complexity index is 1500. The summed E-state index contributed by atoms with van der Waals surface area (Å²) in [5, 5.41) is 3.07. The minimum atomic E-state index is -0.188. The van der Waals surface area contributed by atoms with Gasteiger partial charge in [0, 0.05) is 41.8 Å². The predicted molar refractivity (Wildman–Crippen MR) is 144 cm³/mol. The molecule has 0 radical (unpaired) electrons. The van der Waals surface area contributed by atoms with E-state index in [4.69, 9.17) is 9.72 Å². The standard InChI is InChI=1S/C28H27N5O3S/c1-3-25(34)32-13-12-28(17-32)14-19(15-28)33-21-7-5-4-6-20(21)30-27(33)31-26(35)23-10-9-22(37-23)18-8-11-24(36-2)29-16-18/h3-11,16,19H,1,12-15,17H2,2H3,(H,30,31,35)/t19-,28-. The maximum absolute atomic E-state index is 13.3. The molecule has 8 nitrogen and oxygen atoms in total. The van der Waals surface area contributed by atoms with Gasteiger partial charge in [-0.05, 0) is 61.1 Å². The molecule has 9 heteroatoms. The van der Waals surface area contributed by atoms with Crippen LogP contribution in [-0.4, -0.2) is 51.4 Å². The fourth-order valence-electron chi connectivity index (χ4n) is 5.64. The fourth-order valence-corrected chi connectivity index (χ4v) is 6.53. The maximum Gasteiger partial charge on any atom is 0.268 e. The first-order valence-corrected chi connectivity index (χ1v) is 13.1. The van der Waals surface area contributed by atoms with Crippen LogP contribution in [0, 0.1) is 5.41 Å². The van der Waals surface area contributed by atoms with Gasteiger partial charge in [0.25, 0.3) is 5.91 Å². The van der Waals surface area contributed by atoms with Gasteiger partial charge in [-0.1, -0.05) is 18.7 Å². The van der Waals surface area contributed by atoms with Crippen molar-refractivity contribution in [2.24, 2.45) is 5.41 Å². The number of anilines is 1. The SMILES string of the molecule is C=CC(=O)N1CC[C@]2(C1)C[C@H](n1c(NC(=O)c3ccc(-c4ccc(OC)nc4)s3)nc3ccccc31)C2. The lowest BCUT2D eigenvalue weighted by Crippen LogP contribution is -2.42. The molecule has 3 aromatic heterocycles. The van der Waals surface area contributed by atoms with Gasteiger partial charge in [-0.25, -0.2) is 9.97 Å². The number of carbonyl (C=O) groups is 2. The number of hydrogen-bond donors (Lipinski definition) is 1. The second-order valence-corrected chi connectivity index (χ2v) is 10.9. The predicted octanol–water partition coefficient (Wildman–Crippen LogP) is 5.16. The summed E-state index contributed by atoms with van der Waals surface area (Å²) >= 11 is 1.41. The Morgan fingerprint density at radius 1 is 1.19 bits per heavy atom. The number of nitrogens with zero attached hydrogens (tertiary/aromatic N) is 4. The number of hydrogen-bond acceptors (Lipinski definition) is 6. The highest BCUT2D eigenvalue weighted by Gasteiger charge is 2.50. The van der Waals surface area contributed by atoms with Crippen molar-refractivity contribution in [3.8, 4) is 16.3 Å². The molecule has 2 aliphatic rings. The number of carbonyl (C=O) groups excluding carboxylic acids is 2. The van der Waals surface area contributed by atoms with E-state index in [1.54, 1.807) is 19.4 Å². The van der Waals surface area contributed by atoms with Crippen molar-refractivity contribution in [3.63, 3.8) is 0 Å². The molecule has 1 aliphatic heterocycles. The maximum atomic E-state index is 13.3. The van der Waals surface area contributed by atoms with E-state index in [0.717, 1.165) is 53.8 Å². The largest absolute Gasteiger partial charge is 0.481 e. The van der Waals surface area contributed by atoms with Crippen molar-refractivity contribution in [3.05, 3.63) is 72.3 Å². The number of amides is 2. The Balaban J connectivity index is 1.22. The lowest BCUT2D eigenvalue weighted by molar-refractivity contribution is -0.125. The second kappa shape index (κ2) is 9.15. The number of methoxy groups -OCH3 is 1. The summed E-state index contributed by atoms with van der Waals surface area (Å²) in [5.41, 5.74) is 2.92. The summed E-state index contributed by atoms with van der Waals surface area (Å²) in [6, 6.07) is 15.7. The molecule has 0 bridgehead atoms. The normalized spacial score (nSPS) is 20.7. The summed E-state index contributed by atoms with van der Waals surface area (Å²) < 4.78 is 7.30. The molecular weight excluding hydrogens is 486 g/mol. The molecule has 1 aromatic carbocycles. The highest BCUT2D eigenvalue weighted by molar-refractivity contribution is 7.17. The van der Waals surface area contributed by atoms with Gasteiger partial charge in [-0.15, -0.1) is 11.3 Å². The zero-order valence-corrected chi connectivity index (χ0v) is 21.3. The molecule has 1 aliphatic carbocycles. The topological polar surface area (TPSA) is 89.4 Å². The van der Waals surface area contributed by atoms with Gasteiger partial charge in [-0.2, -0.15) is 0 Å². The number of likely N-dealkylation sites (tertiary alicyclic amines) is 1. The van der Waals surface area contributed by atoms with Crippen LogP contribution in [0.1, 0.15) is 35.0 Å². The molecule has 1 saturated heterocycles. The number of para-hydroxylation sites is 2. The summed E-state index contributed by atoms with van der Waals surface area (Å²) in [6.07, 6.45) is 6.03. The molecule has 6 rings (SSSR count). The average molecular weight is 514 g/mol. The zero-order chi connectivity index (χ0) is 25.6. The molecule has 1 saturated carbocycles. The van der Waals surface area contributed by atoms with Crippen LogP contribution < -0.4 is 10.1 Å². The monoisotopic (exact) mass is 513 g/mol. The lowest BCUT2D eigenvalue weighted by Gasteiger charge is -2.46. The fraction of sp³-hybridized carbons (Fsp3) is 0.286. The van der Waals surface area contributed by atoms with Gasteiger partial charge in [0.05, 0.1) is 23.0 Å². The van der Waals surface area contributed by atoms with Crippen molar-refractivity contribution in [2.75, 3.05) is 25.5 Å². The highest BCUT2D eigenvalue weighted by atomic mass is 32.1. The Hall–Kier alpha value is -3.98. The third kappa shape index (κ3) is 4.19. The van der Waals surface area contributed by atoms with E-state index in [0.29, 0.717) is 16.7 Å². The number of fused-ring (bicyclic) bond motifs is 1. The van der Waals surface area contributed by atoms with E-state index < -0.39 is 0 Å². The Labute approximate surface area is 218 Å². The molecule has 1 spiro atoms. The van der Waals surface area contributed by atoms with Crippen molar-refractivity contribution in [2.45, 2.75) is 25.3 Å². The van der Waals surface area contributed by atoms with Crippen LogP contribution in [-0.2, 0) is 4.79 Å². The van der Waals surface area contributed by atoms with Crippen molar-refractivity contribution < 1.29 is 14.3 Å². The van der Waals surface area contributed by atoms with Gasteiger partial charge in [-0.3, -0.25) is 14.9 Å². The average Bonchev–Trinajstić information content (AvgIpc) is 3.64. The summed E-state index contributed by atoms with van der Waals surface area (Å²) in [5.74, 6) is 0.922. The van der Waals surface area contributed by atoms with Crippen LogP contribution in [0.2, 0.25) is 0 Å². The highest BCUT2D eigenvalue weighted by Crippen LogP contribution is 2.55.